The van der Waals surface area contributed by atoms with Crippen molar-refractivity contribution in [2.24, 2.45) is 5.41 Å². The lowest BCUT2D eigenvalue weighted by molar-refractivity contribution is -0.140. The number of para-hydroxylation sites is 1. The Morgan fingerprint density at radius 2 is 1.69 bits per heavy atom. The van der Waals surface area contributed by atoms with Crippen molar-refractivity contribution in [3.63, 3.8) is 0 Å². The molecule has 0 saturated heterocycles. The number of rotatable bonds is 2. The molecule has 2 heterocycles. The van der Waals surface area contributed by atoms with Gasteiger partial charge in [-0.3, -0.25) is 9.10 Å². The number of carbonyl (C=O) groups is 1. The average Bonchev–Trinajstić information content (AvgIpc) is 2.71. The number of hydrogen-bond donors (Lipinski definition) is 0. The van der Waals surface area contributed by atoms with E-state index >= 15 is 0 Å². The van der Waals surface area contributed by atoms with Crippen LogP contribution in [0.4, 0.5) is 5.69 Å². The molecule has 0 atom stereocenters. The summed E-state index contributed by atoms with van der Waals surface area (Å²) in [7, 11) is -3.65. The van der Waals surface area contributed by atoms with E-state index in [-0.39, 0.29) is 5.91 Å². The van der Waals surface area contributed by atoms with Gasteiger partial charge >= 0.3 is 0 Å². The zero-order valence-corrected chi connectivity index (χ0v) is 18.1. The molecule has 0 aromatic heterocycles. The molecular weight excluding hydrogens is 384 g/mol. The minimum absolute atomic E-state index is 0.0985. The minimum atomic E-state index is -3.65. The van der Waals surface area contributed by atoms with E-state index in [2.05, 4.69) is 0 Å². The fourth-order valence-electron chi connectivity index (χ4n) is 4.22. The normalized spacial score (nSPS) is 16.9. The molecule has 2 aliphatic rings. The topological polar surface area (TPSA) is 57.7 Å². The van der Waals surface area contributed by atoms with Gasteiger partial charge in [0.1, 0.15) is 0 Å². The van der Waals surface area contributed by atoms with E-state index < -0.39 is 15.4 Å². The molecule has 0 unspecified atom stereocenters. The number of hydrogen-bond acceptors (Lipinski definition) is 3. The Kier molecular flexibility index (Phi) is 4.93. The van der Waals surface area contributed by atoms with Crippen LogP contribution in [0.2, 0.25) is 0 Å². The van der Waals surface area contributed by atoms with Gasteiger partial charge in [-0.15, -0.1) is 0 Å². The Hall–Kier alpha value is -2.34. The van der Waals surface area contributed by atoms with E-state index in [0.717, 1.165) is 41.6 Å². The van der Waals surface area contributed by atoms with Gasteiger partial charge in [-0.05, 0) is 54.2 Å². The third-order valence-electron chi connectivity index (χ3n) is 5.77. The second-order valence-electron chi connectivity index (χ2n) is 8.97. The van der Waals surface area contributed by atoms with Crippen LogP contribution in [0.1, 0.15) is 43.9 Å². The van der Waals surface area contributed by atoms with E-state index in [1.807, 2.05) is 56.0 Å². The van der Waals surface area contributed by atoms with Crippen molar-refractivity contribution in [3.05, 3.63) is 59.2 Å². The van der Waals surface area contributed by atoms with Crippen LogP contribution in [0.3, 0.4) is 0 Å². The SMILES string of the molecule is CC(C)(C)C(=O)N1CCc2ccc(S(=O)(=O)N3CCCc4ccccc43)cc2C1. The molecule has 0 spiro atoms. The summed E-state index contributed by atoms with van der Waals surface area (Å²) in [5, 5.41) is 0. The lowest BCUT2D eigenvalue weighted by Crippen LogP contribution is -2.42. The van der Waals surface area contributed by atoms with E-state index in [1.54, 1.807) is 12.1 Å². The predicted molar refractivity (Wildman–Crippen MR) is 114 cm³/mol. The summed E-state index contributed by atoms with van der Waals surface area (Å²) >= 11 is 0. The Labute approximate surface area is 173 Å². The molecule has 6 heteroatoms. The number of aryl methyl sites for hydroxylation is 1. The molecule has 0 N–H and O–H groups in total. The first-order valence-electron chi connectivity index (χ1n) is 10.2. The highest BCUT2D eigenvalue weighted by molar-refractivity contribution is 7.92. The summed E-state index contributed by atoms with van der Waals surface area (Å²) in [5.74, 6) is 0.0985. The van der Waals surface area contributed by atoms with Gasteiger partial charge in [0, 0.05) is 25.0 Å². The number of benzene rings is 2. The average molecular weight is 413 g/mol. The summed E-state index contributed by atoms with van der Waals surface area (Å²) in [5.41, 5.74) is 3.46. The monoisotopic (exact) mass is 412 g/mol. The summed E-state index contributed by atoms with van der Waals surface area (Å²) in [6.45, 7) is 7.38. The molecular formula is C23H28N2O3S. The summed E-state index contributed by atoms with van der Waals surface area (Å²) in [4.78, 5) is 14.8. The van der Waals surface area contributed by atoms with Crippen LogP contribution in [0.15, 0.2) is 47.4 Å². The van der Waals surface area contributed by atoms with Gasteiger partial charge < -0.3 is 4.90 Å². The Morgan fingerprint density at radius 1 is 0.931 bits per heavy atom. The summed E-state index contributed by atoms with van der Waals surface area (Å²) in [6, 6.07) is 13.1. The van der Waals surface area contributed by atoms with Crippen LogP contribution in [0.25, 0.3) is 0 Å². The number of anilines is 1. The molecule has 1 amide bonds. The molecule has 29 heavy (non-hydrogen) atoms. The molecule has 2 aliphatic heterocycles. The van der Waals surface area contributed by atoms with E-state index in [9.17, 15) is 13.2 Å². The van der Waals surface area contributed by atoms with Crippen molar-refractivity contribution >= 4 is 21.6 Å². The maximum atomic E-state index is 13.5. The molecule has 5 nitrogen and oxygen atoms in total. The van der Waals surface area contributed by atoms with Gasteiger partial charge in [-0.1, -0.05) is 45.0 Å². The molecule has 0 saturated carbocycles. The zero-order valence-electron chi connectivity index (χ0n) is 17.3. The van der Waals surface area contributed by atoms with Crippen LogP contribution in [-0.4, -0.2) is 32.3 Å². The second kappa shape index (κ2) is 7.17. The molecule has 4 rings (SSSR count). The highest BCUT2D eigenvalue weighted by atomic mass is 32.2. The van der Waals surface area contributed by atoms with Crippen molar-refractivity contribution in [1.29, 1.82) is 0 Å². The smallest absolute Gasteiger partial charge is 0.264 e. The van der Waals surface area contributed by atoms with Crippen LogP contribution >= 0.6 is 0 Å². The van der Waals surface area contributed by atoms with E-state index in [1.165, 1.54) is 4.31 Å². The minimum Gasteiger partial charge on any atom is -0.338 e. The van der Waals surface area contributed by atoms with Crippen LogP contribution in [0.5, 0.6) is 0 Å². The zero-order chi connectivity index (χ0) is 20.8. The first kappa shape index (κ1) is 20.0. The molecule has 0 radical (unpaired) electrons. The van der Waals surface area contributed by atoms with Gasteiger partial charge in [-0.25, -0.2) is 8.42 Å². The summed E-state index contributed by atoms with van der Waals surface area (Å²) in [6.07, 6.45) is 2.47. The standard InChI is InChI=1S/C23H28N2O3S/c1-23(2,3)22(26)24-14-12-17-10-11-20(15-19(17)16-24)29(27,28)25-13-6-8-18-7-4-5-9-21(18)25/h4-5,7,9-11,15H,6,8,12-14,16H2,1-3H3. The van der Waals surface area contributed by atoms with Crippen molar-refractivity contribution < 1.29 is 13.2 Å². The maximum Gasteiger partial charge on any atom is 0.264 e. The lowest BCUT2D eigenvalue weighted by atomic mass is 9.92. The van der Waals surface area contributed by atoms with Gasteiger partial charge in [0.05, 0.1) is 10.6 Å². The maximum absolute atomic E-state index is 13.5. The number of nitrogens with zero attached hydrogens (tertiary/aromatic N) is 2. The molecule has 0 fully saturated rings. The van der Waals surface area contributed by atoms with E-state index in [0.29, 0.717) is 24.5 Å². The van der Waals surface area contributed by atoms with Gasteiger partial charge in [0.2, 0.25) is 5.91 Å². The number of amides is 1. The molecule has 2 aromatic rings. The predicted octanol–water partition coefficient (Wildman–Crippen LogP) is 3.76. The quantitative estimate of drug-likeness (QED) is 0.755. The first-order chi connectivity index (χ1) is 13.7. The first-order valence-corrected chi connectivity index (χ1v) is 11.6. The molecule has 154 valence electrons. The molecule has 0 aliphatic carbocycles. The van der Waals surface area contributed by atoms with Crippen molar-refractivity contribution in [2.45, 2.75) is 51.5 Å². The largest absolute Gasteiger partial charge is 0.338 e. The molecule has 2 aromatic carbocycles. The van der Waals surface area contributed by atoms with Crippen molar-refractivity contribution in [1.82, 2.24) is 4.90 Å². The van der Waals surface area contributed by atoms with Crippen LogP contribution in [-0.2, 0) is 34.2 Å². The highest BCUT2D eigenvalue weighted by Crippen LogP contribution is 2.33. The molecule has 0 bridgehead atoms. The van der Waals surface area contributed by atoms with Crippen molar-refractivity contribution in [2.75, 3.05) is 17.4 Å². The van der Waals surface area contributed by atoms with E-state index in [4.69, 9.17) is 0 Å². The van der Waals surface area contributed by atoms with Crippen LogP contribution in [0, 0.1) is 5.41 Å². The summed E-state index contributed by atoms with van der Waals surface area (Å²) < 4.78 is 28.4. The fraction of sp³-hybridized carbons (Fsp3) is 0.435. The second-order valence-corrected chi connectivity index (χ2v) is 10.8. The van der Waals surface area contributed by atoms with Gasteiger partial charge in [-0.2, -0.15) is 0 Å². The third kappa shape index (κ3) is 3.66. The Balaban J connectivity index is 1.67. The third-order valence-corrected chi connectivity index (χ3v) is 7.58. The van der Waals surface area contributed by atoms with Crippen LogP contribution < -0.4 is 4.31 Å². The van der Waals surface area contributed by atoms with Gasteiger partial charge in [0.15, 0.2) is 0 Å². The Bertz CT molecular complexity index is 1050. The number of fused-ring (bicyclic) bond motifs is 2. The van der Waals surface area contributed by atoms with Gasteiger partial charge in [0.25, 0.3) is 10.0 Å². The van der Waals surface area contributed by atoms with Crippen molar-refractivity contribution in [3.8, 4) is 0 Å². The fourth-order valence-corrected chi connectivity index (χ4v) is 5.81. The highest BCUT2D eigenvalue weighted by Gasteiger charge is 2.32. The Morgan fingerprint density at radius 3 is 2.45 bits per heavy atom. The lowest BCUT2D eigenvalue weighted by Gasteiger charge is -2.34. The number of carbonyl (C=O) groups excluding carboxylic acids is 1. The number of sulfonamides is 1.